The smallest absolute Gasteiger partial charge is 0.226 e. The van der Waals surface area contributed by atoms with Crippen molar-refractivity contribution in [2.24, 2.45) is 5.92 Å². The van der Waals surface area contributed by atoms with Crippen LogP contribution in [-0.4, -0.2) is 56.2 Å². The van der Waals surface area contributed by atoms with E-state index in [4.69, 9.17) is 16.3 Å². The van der Waals surface area contributed by atoms with Gasteiger partial charge in [0.15, 0.2) is 0 Å². The number of thiophene rings is 1. The second-order valence-corrected chi connectivity index (χ2v) is 10.2. The van der Waals surface area contributed by atoms with Crippen LogP contribution < -0.4 is 5.32 Å². The maximum atomic E-state index is 13.2. The lowest BCUT2D eigenvalue weighted by Gasteiger charge is -2.36. The molecule has 0 bridgehead atoms. The molecule has 5 heterocycles. The highest BCUT2D eigenvalue weighted by molar-refractivity contribution is 7.19. The van der Waals surface area contributed by atoms with Crippen molar-refractivity contribution in [2.75, 3.05) is 25.1 Å². The molecule has 2 aliphatic rings. The number of aromatic nitrogens is 4. The molecule has 1 N–H and O–H groups in total. The van der Waals surface area contributed by atoms with Crippen LogP contribution in [0, 0.1) is 5.92 Å². The van der Waals surface area contributed by atoms with E-state index in [9.17, 15) is 4.79 Å². The lowest BCUT2D eigenvalue weighted by atomic mass is 9.86. The van der Waals surface area contributed by atoms with Gasteiger partial charge in [0.25, 0.3) is 0 Å². The Bertz CT molecular complexity index is 1370. The average molecular weight is 483 g/mol. The number of hydrogen-bond donors (Lipinski definition) is 1. The van der Waals surface area contributed by atoms with E-state index in [2.05, 4.69) is 27.3 Å². The molecule has 2 atom stereocenters. The number of nitrogens with one attached hydrogen (secondary N) is 1. The van der Waals surface area contributed by atoms with E-state index < -0.39 is 0 Å². The molecule has 1 saturated heterocycles. The van der Waals surface area contributed by atoms with Crippen LogP contribution in [0.5, 0.6) is 0 Å². The molecule has 0 saturated carbocycles. The van der Waals surface area contributed by atoms with Gasteiger partial charge < -0.3 is 15.0 Å². The van der Waals surface area contributed by atoms with Crippen LogP contribution in [0.2, 0.25) is 5.02 Å². The molecule has 4 aromatic heterocycles. The van der Waals surface area contributed by atoms with E-state index in [1.54, 1.807) is 34.6 Å². The molecule has 0 unspecified atom stereocenters. The second kappa shape index (κ2) is 8.23. The molecule has 10 heteroatoms. The number of carbonyl (C=O) groups is 1. The fraction of sp³-hybridized carbons (Fsp3) is 0.391. The number of carbonyl (C=O) groups excluding carboxylic acids is 1. The number of ether oxygens (including phenoxy) is 1. The Hall–Kier alpha value is -2.75. The number of aryl methyl sites for hydroxylation is 1. The van der Waals surface area contributed by atoms with Gasteiger partial charge in [-0.3, -0.25) is 4.79 Å². The predicted molar refractivity (Wildman–Crippen MR) is 128 cm³/mol. The highest BCUT2D eigenvalue weighted by atomic mass is 35.5. The summed E-state index contributed by atoms with van der Waals surface area (Å²) in [5.74, 6) is 1.00. The van der Waals surface area contributed by atoms with Gasteiger partial charge >= 0.3 is 0 Å². The van der Waals surface area contributed by atoms with Crippen LogP contribution in [0.1, 0.15) is 23.8 Å². The molecular weight excluding hydrogens is 460 g/mol. The summed E-state index contributed by atoms with van der Waals surface area (Å²) in [6, 6.07) is 4.02. The number of fused-ring (bicyclic) bond motifs is 4. The highest BCUT2D eigenvalue weighted by Crippen LogP contribution is 2.41. The summed E-state index contributed by atoms with van der Waals surface area (Å²) in [7, 11) is 0. The van der Waals surface area contributed by atoms with Gasteiger partial charge in [-0.2, -0.15) is 5.10 Å². The van der Waals surface area contributed by atoms with Crippen molar-refractivity contribution in [3.8, 4) is 0 Å². The van der Waals surface area contributed by atoms with Crippen LogP contribution in [0.25, 0.3) is 15.7 Å². The molecule has 1 fully saturated rings. The van der Waals surface area contributed by atoms with Crippen molar-refractivity contribution in [1.29, 1.82) is 0 Å². The van der Waals surface area contributed by atoms with E-state index in [0.29, 0.717) is 24.8 Å². The Morgan fingerprint density at radius 3 is 3.15 bits per heavy atom. The largest absolute Gasteiger partial charge is 0.377 e. The summed E-state index contributed by atoms with van der Waals surface area (Å²) in [6.07, 6.45) is 7.52. The third kappa shape index (κ3) is 3.64. The minimum Gasteiger partial charge on any atom is -0.377 e. The Morgan fingerprint density at radius 1 is 1.36 bits per heavy atom. The number of pyridine rings is 1. The first kappa shape index (κ1) is 20.8. The fourth-order valence-corrected chi connectivity index (χ4v) is 6.33. The van der Waals surface area contributed by atoms with Crippen molar-refractivity contribution in [3.05, 3.63) is 46.3 Å². The quantitative estimate of drug-likeness (QED) is 0.473. The van der Waals surface area contributed by atoms with Gasteiger partial charge in [0.05, 0.1) is 40.9 Å². The SMILES string of the molecule is C[C@H]1COCCN1C(=O)[C@H]1CCc2c(sc3ncnc(Nc4cc5ccnn5cc4Cl)c23)C1. The normalized spacial score (nSPS) is 20.8. The van der Waals surface area contributed by atoms with E-state index in [1.807, 2.05) is 17.0 Å². The third-order valence-electron chi connectivity index (χ3n) is 6.58. The van der Waals surface area contributed by atoms with Crippen LogP contribution in [0.4, 0.5) is 11.5 Å². The lowest BCUT2D eigenvalue weighted by Crippen LogP contribution is -2.50. The summed E-state index contributed by atoms with van der Waals surface area (Å²) < 4.78 is 7.24. The summed E-state index contributed by atoms with van der Waals surface area (Å²) in [6.45, 7) is 3.97. The number of halogens is 1. The lowest BCUT2D eigenvalue weighted by molar-refractivity contribution is -0.143. The Balaban J connectivity index is 1.31. The molecule has 0 spiro atoms. The van der Waals surface area contributed by atoms with Crippen molar-refractivity contribution in [3.63, 3.8) is 0 Å². The first-order valence-electron chi connectivity index (χ1n) is 11.1. The van der Waals surface area contributed by atoms with Crippen molar-refractivity contribution in [2.45, 2.75) is 32.2 Å². The summed E-state index contributed by atoms with van der Waals surface area (Å²) >= 11 is 8.17. The van der Waals surface area contributed by atoms with E-state index in [1.165, 1.54) is 10.4 Å². The minimum absolute atomic E-state index is 0.00852. The first-order chi connectivity index (χ1) is 16.1. The zero-order valence-corrected chi connectivity index (χ0v) is 19.7. The molecule has 8 nitrogen and oxygen atoms in total. The standard InChI is InChI=1S/C23H23ClN6O2S/c1-13-11-32-7-6-29(13)23(31)14-2-3-16-19(8-14)33-22-20(16)21(25-12-26-22)28-18-9-15-4-5-27-30(15)10-17(18)24/h4-5,9-10,12-14H,2-3,6-8,11H2,1H3,(H,25,26,28)/t13-,14-/m0/s1. The molecule has 170 valence electrons. The van der Waals surface area contributed by atoms with Crippen LogP contribution >= 0.6 is 22.9 Å². The highest BCUT2D eigenvalue weighted by Gasteiger charge is 2.34. The number of morpholine rings is 1. The molecule has 0 aromatic carbocycles. The zero-order chi connectivity index (χ0) is 22.5. The molecule has 1 amide bonds. The van der Waals surface area contributed by atoms with Gasteiger partial charge in [-0.1, -0.05) is 11.6 Å². The van der Waals surface area contributed by atoms with Crippen LogP contribution in [0.3, 0.4) is 0 Å². The topological polar surface area (TPSA) is 84.6 Å². The molecule has 33 heavy (non-hydrogen) atoms. The number of anilines is 2. The third-order valence-corrected chi connectivity index (χ3v) is 8.05. The molecule has 1 aliphatic heterocycles. The minimum atomic E-state index is 0.00852. The monoisotopic (exact) mass is 482 g/mol. The number of hydrogen-bond acceptors (Lipinski definition) is 7. The van der Waals surface area contributed by atoms with Gasteiger partial charge in [-0.15, -0.1) is 11.3 Å². The maximum absolute atomic E-state index is 13.2. The van der Waals surface area contributed by atoms with E-state index >= 15 is 0 Å². The second-order valence-electron chi connectivity index (χ2n) is 8.66. The summed E-state index contributed by atoms with van der Waals surface area (Å²) in [5.41, 5.74) is 2.96. The molecule has 6 rings (SSSR count). The van der Waals surface area contributed by atoms with Crippen molar-refractivity contribution < 1.29 is 9.53 Å². The van der Waals surface area contributed by atoms with Crippen molar-refractivity contribution >= 4 is 56.1 Å². The molecular formula is C23H23ClN6O2S. The first-order valence-corrected chi connectivity index (χ1v) is 12.3. The average Bonchev–Trinajstić information content (AvgIpc) is 3.42. The Morgan fingerprint density at radius 2 is 2.27 bits per heavy atom. The number of rotatable bonds is 3. The van der Waals surface area contributed by atoms with E-state index in [-0.39, 0.29) is 17.9 Å². The van der Waals surface area contributed by atoms with Gasteiger partial charge in [0.1, 0.15) is 17.0 Å². The molecule has 0 radical (unpaired) electrons. The molecule has 4 aromatic rings. The maximum Gasteiger partial charge on any atom is 0.226 e. The van der Waals surface area contributed by atoms with Gasteiger partial charge in [-0.05, 0) is 43.9 Å². The number of amides is 1. The summed E-state index contributed by atoms with van der Waals surface area (Å²) in [5, 5.41) is 9.24. The number of nitrogens with zero attached hydrogens (tertiary/aromatic N) is 5. The van der Waals surface area contributed by atoms with Gasteiger partial charge in [0, 0.05) is 29.7 Å². The Labute approximate surface area is 199 Å². The zero-order valence-electron chi connectivity index (χ0n) is 18.1. The Kier molecular flexibility index (Phi) is 5.20. The molecule has 1 aliphatic carbocycles. The van der Waals surface area contributed by atoms with Gasteiger partial charge in [0.2, 0.25) is 5.91 Å². The van der Waals surface area contributed by atoms with Crippen LogP contribution in [-0.2, 0) is 22.4 Å². The fourth-order valence-electron chi connectivity index (χ4n) is 4.87. The van der Waals surface area contributed by atoms with Gasteiger partial charge in [-0.25, -0.2) is 14.5 Å². The van der Waals surface area contributed by atoms with Crippen LogP contribution in [0.15, 0.2) is 30.9 Å². The predicted octanol–water partition coefficient (Wildman–Crippen LogP) is 4.09. The van der Waals surface area contributed by atoms with Crippen molar-refractivity contribution in [1.82, 2.24) is 24.5 Å². The summed E-state index contributed by atoms with van der Waals surface area (Å²) in [4.78, 5) is 26.5. The van der Waals surface area contributed by atoms with E-state index in [0.717, 1.165) is 46.5 Å².